The van der Waals surface area contributed by atoms with Gasteiger partial charge in [-0.1, -0.05) is 11.6 Å². The quantitative estimate of drug-likeness (QED) is 0.752. The summed E-state index contributed by atoms with van der Waals surface area (Å²) in [5, 5.41) is 14.2. The van der Waals surface area contributed by atoms with Gasteiger partial charge in [-0.25, -0.2) is 9.50 Å². The smallest absolute Gasteiger partial charge is 0.180 e. The number of halogens is 1. The van der Waals surface area contributed by atoms with Crippen LogP contribution in [0.15, 0.2) is 18.5 Å². The van der Waals surface area contributed by atoms with Gasteiger partial charge < -0.3 is 10.0 Å². The van der Waals surface area contributed by atoms with Crippen molar-refractivity contribution in [2.45, 2.75) is 12.5 Å². The summed E-state index contributed by atoms with van der Waals surface area (Å²) in [6, 6.07) is 1.70. The number of aliphatic hydroxyl groups excluding tert-OH is 1. The van der Waals surface area contributed by atoms with Crippen LogP contribution in [-0.2, 0) is 0 Å². The lowest BCUT2D eigenvalue weighted by molar-refractivity contribution is 0.198. The van der Waals surface area contributed by atoms with E-state index in [1.54, 1.807) is 23.0 Å². The average molecular weight is 239 g/mol. The third-order valence-corrected chi connectivity index (χ3v) is 3.03. The molecule has 6 heteroatoms. The average Bonchev–Trinajstić information content (AvgIpc) is 2.83. The fourth-order valence-electron chi connectivity index (χ4n) is 2.02. The van der Waals surface area contributed by atoms with Crippen LogP contribution in [0.1, 0.15) is 6.42 Å². The second kappa shape index (κ2) is 3.61. The normalized spacial score (nSPS) is 20.9. The molecule has 1 unspecified atom stereocenters. The van der Waals surface area contributed by atoms with E-state index in [1.165, 1.54) is 0 Å². The van der Waals surface area contributed by atoms with Gasteiger partial charge in [0.2, 0.25) is 0 Å². The number of hydrogen-bond donors (Lipinski definition) is 1. The highest BCUT2D eigenvalue weighted by Crippen LogP contribution is 2.24. The van der Waals surface area contributed by atoms with Crippen LogP contribution in [0.2, 0.25) is 5.15 Å². The lowest BCUT2D eigenvalue weighted by Gasteiger charge is -2.14. The minimum absolute atomic E-state index is 0.255. The second-order valence-corrected chi connectivity index (χ2v) is 4.32. The Bertz CT molecular complexity index is 527. The van der Waals surface area contributed by atoms with Crippen molar-refractivity contribution < 1.29 is 5.11 Å². The van der Waals surface area contributed by atoms with Crippen molar-refractivity contribution in [2.24, 2.45) is 0 Å². The Labute approximate surface area is 97.3 Å². The molecule has 0 bridgehead atoms. The van der Waals surface area contributed by atoms with Crippen molar-refractivity contribution in [3.63, 3.8) is 0 Å². The van der Waals surface area contributed by atoms with E-state index in [-0.39, 0.29) is 6.10 Å². The molecule has 0 aromatic carbocycles. The molecule has 3 heterocycles. The van der Waals surface area contributed by atoms with Gasteiger partial charge in [0.25, 0.3) is 0 Å². The number of anilines is 1. The Morgan fingerprint density at radius 1 is 1.50 bits per heavy atom. The van der Waals surface area contributed by atoms with Crippen LogP contribution < -0.4 is 4.90 Å². The Morgan fingerprint density at radius 2 is 2.38 bits per heavy atom. The van der Waals surface area contributed by atoms with Gasteiger partial charge in [0.15, 0.2) is 5.65 Å². The Hall–Kier alpha value is -1.33. The number of nitrogens with zero attached hydrogens (tertiary/aromatic N) is 4. The molecule has 1 atom stereocenters. The maximum absolute atomic E-state index is 9.51. The highest BCUT2D eigenvalue weighted by Gasteiger charge is 2.23. The summed E-state index contributed by atoms with van der Waals surface area (Å²) in [5.41, 5.74) is 1.67. The number of β-amino-alcohol motifs (C(OH)–C–C–N with tert-alkyl or cyclic N) is 1. The Morgan fingerprint density at radius 3 is 3.12 bits per heavy atom. The van der Waals surface area contributed by atoms with E-state index in [0.29, 0.717) is 11.7 Å². The molecule has 5 nitrogen and oxygen atoms in total. The monoisotopic (exact) mass is 238 g/mol. The fraction of sp³-hybridized carbons (Fsp3) is 0.400. The van der Waals surface area contributed by atoms with Gasteiger partial charge in [0.05, 0.1) is 12.3 Å². The van der Waals surface area contributed by atoms with Crippen LogP contribution in [0.25, 0.3) is 5.65 Å². The van der Waals surface area contributed by atoms with Gasteiger partial charge in [-0.3, -0.25) is 0 Å². The van der Waals surface area contributed by atoms with E-state index in [0.717, 1.165) is 24.3 Å². The predicted molar refractivity (Wildman–Crippen MR) is 60.8 cm³/mol. The van der Waals surface area contributed by atoms with Gasteiger partial charge >= 0.3 is 0 Å². The zero-order valence-electron chi connectivity index (χ0n) is 8.54. The maximum Gasteiger partial charge on any atom is 0.180 e. The molecule has 0 amide bonds. The van der Waals surface area contributed by atoms with Crippen molar-refractivity contribution in [1.82, 2.24) is 14.6 Å². The summed E-state index contributed by atoms with van der Waals surface area (Å²) in [4.78, 5) is 6.33. The Balaban J connectivity index is 2.06. The predicted octanol–water partition coefficient (Wildman–Crippen LogP) is 0.954. The molecule has 1 N–H and O–H groups in total. The van der Waals surface area contributed by atoms with Crippen molar-refractivity contribution >= 4 is 22.9 Å². The molecule has 16 heavy (non-hydrogen) atoms. The first-order chi connectivity index (χ1) is 7.74. The van der Waals surface area contributed by atoms with E-state index in [9.17, 15) is 5.11 Å². The van der Waals surface area contributed by atoms with Crippen LogP contribution >= 0.6 is 11.6 Å². The molecule has 1 aliphatic rings. The molecule has 3 rings (SSSR count). The molecule has 2 aromatic rings. The zero-order valence-corrected chi connectivity index (χ0v) is 9.30. The van der Waals surface area contributed by atoms with Crippen LogP contribution in [0.3, 0.4) is 0 Å². The molecule has 0 aliphatic carbocycles. The van der Waals surface area contributed by atoms with Crippen LogP contribution in [-0.4, -0.2) is 38.9 Å². The topological polar surface area (TPSA) is 53.7 Å². The number of hydrogen-bond acceptors (Lipinski definition) is 4. The first-order valence-electron chi connectivity index (χ1n) is 5.17. The summed E-state index contributed by atoms with van der Waals surface area (Å²) in [5.74, 6) is 0. The largest absolute Gasteiger partial charge is 0.391 e. The summed E-state index contributed by atoms with van der Waals surface area (Å²) < 4.78 is 1.69. The first kappa shape index (κ1) is 9.86. The highest BCUT2D eigenvalue weighted by atomic mass is 35.5. The third kappa shape index (κ3) is 1.52. The van der Waals surface area contributed by atoms with Crippen molar-refractivity contribution in [2.75, 3.05) is 18.0 Å². The van der Waals surface area contributed by atoms with Gasteiger partial charge in [-0.15, -0.1) is 0 Å². The molecule has 0 spiro atoms. The summed E-state index contributed by atoms with van der Waals surface area (Å²) >= 11 is 5.86. The molecular weight excluding hydrogens is 228 g/mol. The second-order valence-electron chi connectivity index (χ2n) is 3.94. The standard InChI is InChI=1S/C10H11ClN4O/c11-9-2-4-15-10(13-9)8(5-12-15)14-3-1-7(16)6-14/h2,4-5,7,16H,1,3,6H2. The minimum Gasteiger partial charge on any atom is -0.391 e. The molecular formula is C10H11ClN4O. The van der Waals surface area contributed by atoms with Gasteiger partial charge in [-0.2, -0.15) is 5.10 Å². The fourth-order valence-corrected chi connectivity index (χ4v) is 2.15. The number of aromatic nitrogens is 3. The van der Waals surface area contributed by atoms with Crippen LogP contribution in [0.5, 0.6) is 0 Å². The summed E-state index contributed by atoms with van der Waals surface area (Å²) in [6.45, 7) is 1.46. The van der Waals surface area contributed by atoms with E-state index >= 15 is 0 Å². The third-order valence-electron chi connectivity index (χ3n) is 2.82. The van der Waals surface area contributed by atoms with Gasteiger partial charge in [0, 0.05) is 19.3 Å². The number of aliphatic hydroxyl groups is 1. The molecule has 1 fully saturated rings. The highest BCUT2D eigenvalue weighted by molar-refractivity contribution is 6.29. The van der Waals surface area contributed by atoms with Crippen molar-refractivity contribution in [1.29, 1.82) is 0 Å². The van der Waals surface area contributed by atoms with Crippen LogP contribution in [0.4, 0.5) is 5.69 Å². The first-order valence-corrected chi connectivity index (χ1v) is 5.55. The lowest BCUT2D eigenvalue weighted by Crippen LogP contribution is -2.21. The van der Waals surface area contributed by atoms with Crippen molar-refractivity contribution in [3.8, 4) is 0 Å². The molecule has 84 valence electrons. The molecule has 1 saturated heterocycles. The van der Waals surface area contributed by atoms with Crippen molar-refractivity contribution in [3.05, 3.63) is 23.6 Å². The maximum atomic E-state index is 9.51. The van der Waals surface area contributed by atoms with E-state index < -0.39 is 0 Å². The molecule has 2 aromatic heterocycles. The number of rotatable bonds is 1. The van der Waals surface area contributed by atoms with E-state index in [4.69, 9.17) is 11.6 Å². The summed E-state index contributed by atoms with van der Waals surface area (Å²) in [7, 11) is 0. The minimum atomic E-state index is -0.255. The lowest BCUT2D eigenvalue weighted by atomic mass is 10.3. The van der Waals surface area contributed by atoms with Gasteiger partial charge in [0.1, 0.15) is 10.8 Å². The molecule has 1 aliphatic heterocycles. The number of fused-ring (bicyclic) bond motifs is 1. The van der Waals surface area contributed by atoms with E-state index in [1.807, 2.05) is 0 Å². The molecule has 0 saturated carbocycles. The van der Waals surface area contributed by atoms with E-state index in [2.05, 4.69) is 15.0 Å². The van der Waals surface area contributed by atoms with Gasteiger partial charge in [-0.05, 0) is 12.5 Å². The summed E-state index contributed by atoms with van der Waals surface area (Å²) in [6.07, 6.45) is 4.07. The Kier molecular flexibility index (Phi) is 2.22. The zero-order chi connectivity index (χ0) is 11.1. The SMILES string of the molecule is OC1CCN(c2cnn3ccc(Cl)nc23)C1. The molecule has 0 radical (unpaired) electrons. The van der Waals surface area contributed by atoms with Crippen LogP contribution in [0, 0.1) is 0 Å².